The molecule has 0 aliphatic carbocycles. The van der Waals surface area contributed by atoms with Crippen LogP contribution in [0.1, 0.15) is 279 Å². The van der Waals surface area contributed by atoms with E-state index in [4.69, 9.17) is 14.2 Å². The van der Waals surface area contributed by atoms with Gasteiger partial charge in [0.05, 0.1) is 0 Å². The van der Waals surface area contributed by atoms with E-state index < -0.39 is 6.10 Å². The number of unbranched alkanes of at least 4 members (excludes halogenated alkanes) is 28. The summed E-state index contributed by atoms with van der Waals surface area (Å²) in [5.41, 5.74) is 0. The van der Waals surface area contributed by atoms with E-state index in [1.54, 1.807) is 0 Å². The predicted molar refractivity (Wildman–Crippen MR) is 243 cm³/mol. The average Bonchev–Trinajstić information content (AvgIpc) is 3.21. The lowest BCUT2D eigenvalue weighted by molar-refractivity contribution is -0.167. The molecule has 0 saturated carbocycles. The molecule has 0 radical (unpaired) electrons. The first kappa shape index (κ1) is 55.4. The quantitative estimate of drug-likeness (QED) is 0.0346. The van der Waals surface area contributed by atoms with Crippen LogP contribution in [0.25, 0.3) is 0 Å². The van der Waals surface area contributed by atoms with E-state index in [0.717, 1.165) is 69.6 Å². The summed E-state index contributed by atoms with van der Waals surface area (Å²) in [5.74, 6) is 0.802. The van der Waals surface area contributed by atoms with Crippen molar-refractivity contribution < 1.29 is 28.6 Å². The number of carbonyl (C=O) groups excluding carboxylic acids is 3. The summed E-state index contributed by atoms with van der Waals surface area (Å²) < 4.78 is 16.8. The SMILES string of the molecule is CCCCCCCCCCCCCCCCCCCC(=O)OC[C@H](COC(=O)CCCCCCCCCCC(C)CC)OC(=O)CCCCCCCCC(C)CC. The van der Waals surface area contributed by atoms with Crippen molar-refractivity contribution in [3.63, 3.8) is 0 Å². The molecule has 0 aromatic heterocycles. The fourth-order valence-electron chi connectivity index (χ4n) is 7.57. The highest BCUT2D eigenvalue weighted by Crippen LogP contribution is 2.18. The van der Waals surface area contributed by atoms with Crippen LogP contribution < -0.4 is 0 Å². The van der Waals surface area contributed by atoms with E-state index in [9.17, 15) is 14.4 Å². The lowest BCUT2D eigenvalue weighted by Gasteiger charge is -2.18. The van der Waals surface area contributed by atoms with Gasteiger partial charge in [0.25, 0.3) is 0 Å². The van der Waals surface area contributed by atoms with Gasteiger partial charge in [0, 0.05) is 19.3 Å². The Labute approximate surface area is 355 Å². The molecule has 57 heavy (non-hydrogen) atoms. The van der Waals surface area contributed by atoms with E-state index in [-0.39, 0.29) is 31.1 Å². The van der Waals surface area contributed by atoms with Crippen LogP contribution in [-0.2, 0) is 28.6 Å². The number of rotatable bonds is 45. The van der Waals surface area contributed by atoms with E-state index in [1.165, 1.54) is 167 Å². The number of carbonyl (C=O) groups is 3. The fraction of sp³-hybridized carbons (Fsp3) is 0.941. The molecule has 0 aliphatic heterocycles. The van der Waals surface area contributed by atoms with Gasteiger partial charge >= 0.3 is 17.9 Å². The molecule has 6 nitrogen and oxygen atoms in total. The van der Waals surface area contributed by atoms with Gasteiger partial charge < -0.3 is 14.2 Å². The lowest BCUT2D eigenvalue weighted by atomic mass is 9.99. The monoisotopic (exact) mass is 807 g/mol. The summed E-state index contributed by atoms with van der Waals surface area (Å²) in [6.45, 7) is 11.3. The second-order valence-corrected chi connectivity index (χ2v) is 17.9. The summed E-state index contributed by atoms with van der Waals surface area (Å²) in [6, 6.07) is 0. The molecule has 0 spiro atoms. The van der Waals surface area contributed by atoms with Gasteiger partial charge in [0.1, 0.15) is 13.2 Å². The van der Waals surface area contributed by atoms with Gasteiger partial charge in [-0.3, -0.25) is 14.4 Å². The Morgan fingerprint density at radius 3 is 0.912 bits per heavy atom. The third-order valence-electron chi connectivity index (χ3n) is 12.2. The second kappa shape index (κ2) is 44.0. The minimum absolute atomic E-state index is 0.0651. The van der Waals surface area contributed by atoms with Crippen LogP contribution in [0.3, 0.4) is 0 Å². The number of hydrogen-bond acceptors (Lipinski definition) is 6. The molecular weight excluding hydrogens is 709 g/mol. The largest absolute Gasteiger partial charge is 0.462 e. The Hall–Kier alpha value is -1.59. The van der Waals surface area contributed by atoms with Gasteiger partial charge in [-0.15, -0.1) is 0 Å². The van der Waals surface area contributed by atoms with E-state index in [2.05, 4.69) is 34.6 Å². The maximum absolute atomic E-state index is 12.7. The molecule has 0 bridgehead atoms. The molecule has 0 heterocycles. The van der Waals surface area contributed by atoms with Gasteiger partial charge in [-0.1, -0.05) is 240 Å². The maximum atomic E-state index is 12.7. The Morgan fingerprint density at radius 2 is 0.614 bits per heavy atom. The first-order valence-corrected chi connectivity index (χ1v) is 25.3. The summed E-state index contributed by atoms with van der Waals surface area (Å²) in [6.07, 6.45) is 43.7. The summed E-state index contributed by atoms with van der Waals surface area (Å²) in [7, 11) is 0. The first-order chi connectivity index (χ1) is 27.8. The molecule has 0 saturated heterocycles. The van der Waals surface area contributed by atoms with Crippen LogP contribution >= 0.6 is 0 Å². The Morgan fingerprint density at radius 1 is 0.351 bits per heavy atom. The van der Waals surface area contributed by atoms with Gasteiger partial charge in [0.2, 0.25) is 0 Å². The van der Waals surface area contributed by atoms with Crippen molar-refractivity contribution in [2.24, 2.45) is 11.8 Å². The maximum Gasteiger partial charge on any atom is 0.306 e. The fourth-order valence-corrected chi connectivity index (χ4v) is 7.57. The molecule has 0 N–H and O–H groups in total. The van der Waals surface area contributed by atoms with Gasteiger partial charge in [-0.25, -0.2) is 0 Å². The van der Waals surface area contributed by atoms with E-state index >= 15 is 0 Å². The molecule has 0 amide bonds. The summed E-state index contributed by atoms with van der Waals surface area (Å²) in [5, 5.41) is 0. The minimum atomic E-state index is -0.762. The van der Waals surface area contributed by atoms with Crippen LogP contribution in [0.4, 0.5) is 0 Å². The molecule has 2 unspecified atom stereocenters. The van der Waals surface area contributed by atoms with Crippen molar-refractivity contribution >= 4 is 17.9 Å². The van der Waals surface area contributed by atoms with Crippen LogP contribution in [0.2, 0.25) is 0 Å². The summed E-state index contributed by atoms with van der Waals surface area (Å²) >= 11 is 0. The molecule has 338 valence electrons. The predicted octanol–water partition coefficient (Wildman–Crippen LogP) is 16.1. The van der Waals surface area contributed by atoms with E-state index in [0.29, 0.717) is 19.3 Å². The molecule has 3 atom stereocenters. The lowest BCUT2D eigenvalue weighted by Crippen LogP contribution is -2.30. The normalized spacial score (nSPS) is 13.0. The smallest absolute Gasteiger partial charge is 0.306 e. The molecule has 0 aliphatic rings. The van der Waals surface area contributed by atoms with Crippen molar-refractivity contribution in [3.05, 3.63) is 0 Å². The Balaban J connectivity index is 4.28. The van der Waals surface area contributed by atoms with Crippen molar-refractivity contribution in [2.45, 2.75) is 285 Å². The van der Waals surface area contributed by atoms with Crippen molar-refractivity contribution in [1.82, 2.24) is 0 Å². The average molecular weight is 807 g/mol. The number of esters is 3. The number of ether oxygens (including phenoxy) is 3. The van der Waals surface area contributed by atoms with Crippen LogP contribution in [-0.4, -0.2) is 37.2 Å². The standard InChI is InChI=1S/C51H98O6/c1-6-9-10-11-12-13-14-15-16-17-18-19-20-21-25-31-36-41-49(52)55-44-48(57-51(54)43-38-33-28-27-30-35-40-47(5)8-3)45-56-50(53)42-37-32-26-23-22-24-29-34-39-46(4)7-2/h46-48H,6-45H2,1-5H3/t46?,47?,48-/m1/s1. The third kappa shape index (κ3) is 42.3. The molecule has 0 aromatic rings. The van der Waals surface area contributed by atoms with Gasteiger partial charge in [0.15, 0.2) is 6.10 Å². The number of hydrogen-bond donors (Lipinski definition) is 0. The van der Waals surface area contributed by atoms with Crippen molar-refractivity contribution in [2.75, 3.05) is 13.2 Å². The Bertz CT molecular complexity index is 874. The van der Waals surface area contributed by atoms with E-state index in [1.807, 2.05) is 0 Å². The minimum Gasteiger partial charge on any atom is -0.462 e. The topological polar surface area (TPSA) is 78.9 Å². The molecule has 0 aromatic carbocycles. The van der Waals surface area contributed by atoms with Crippen molar-refractivity contribution in [3.8, 4) is 0 Å². The van der Waals surface area contributed by atoms with Gasteiger partial charge in [-0.05, 0) is 31.1 Å². The summed E-state index contributed by atoms with van der Waals surface area (Å²) in [4.78, 5) is 37.8. The zero-order valence-electron chi connectivity index (χ0n) is 39.0. The van der Waals surface area contributed by atoms with Crippen molar-refractivity contribution in [1.29, 1.82) is 0 Å². The molecular formula is C51H98O6. The highest BCUT2D eigenvalue weighted by molar-refractivity contribution is 5.71. The highest BCUT2D eigenvalue weighted by atomic mass is 16.6. The first-order valence-electron chi connectivity index (χ1n) is 25.3. The highest BCUT2D eigenvalue weighted by Gasteiger charge is 2.19. The van der Waals surface area contributed by atoms with Crippen LogP contribution in [0, 0.1) is 11.8 Å². The molecule has 0 fully saturated rings. The molecule has 6 heteroatoms. The zero-order chi connectivity index (χ0) is 41.9. The van der Waals surface area contributed by atoms with Crippen LogP contribution in [0.5, 0.6) is 0 Å². The third-order valence-corrected chi connectivity index (χ3v) is 12.2. The van der Waals surface area contributed by atoms with Gasteiger partial charge in [-0.2, -0.15) is 0 Å². The Kier molecular flexibility index (Phi) is 42.7. The van der Waals surface area contributed by atoms with Crippen LogP contribution in [0.15, 0.2) is 0 Å². The second-order valence-electron chi connectivity index (χ2n) is 17.9. The zero-order valence-corrected chi connectivity index (χ0v) is 39.0. The molecule has 0 rings (SSSR count).